The van der Waals surface area contributed by atoms with Crippen molar-refractivity contribution in [1.82, 2.24) is 4.98 Å². The summed E-state index contributed by atoms with van der Waals surface area (Å²) in [5, 5.41) is 6.28. The van der Waals surface area contributed by atoms with E-state index < -0.39 is 0 Å². The van der Waals surface area contributed by atoms with Crippen molar-refractivity contribution in [3.05, 3.63) is 50.5 Å². The first kappa shape index (κ1) is 15.1. The Morgan fingerprint density at radius 1 is 1.25 bits per heavy atom. The average Bonchev–Trinajstić information content (AvgIpc) is 2.43. The molecule has 0 aliphatic carbocycles. The summed E-state index contributed by atoms with van der Waals surface area (Å²) in [4.78, 5) is 16.3. The van der Waals surface area contributed by atoms with Gasteiger partial charge < -0.3 is 10.6 Å². The van der Waals surface area contributed by atoms with Crippen molar-refractivity contribution in [3.63, 3.8) is 0 Å². The van der Waals surface area contributed by atoms with Gasteiger partial charge in [-0.15, -0.1) is 0 Å². The maximum atomic E-state index is 12.2. The standard InChI is InChI=1S/C13H10BrCl2N3O/c1-17-12-5-8(10(16)6-18-12)13(20)19-11-4-7(14)2-3-9(11)15/h2-6H,1H3,(H,17,18)(H,19,20). The molecule has 0 radical (unpaired) electrons. The van der Waals surface area contributed by atoms with Crippen LogP contribution >= 0.6 is 39.1 Å². The maximum Gasteiger partial charge on any atom is 0.257 e. The zero-order chi connectivity index (χ0) is 14.7. The number of anilines is 2. The highest BCUT2D eigenvalue weighted by atomic mass is 79.9. The summed E-state index contributed by atoms with van der Waals surface area (Å²) in [5.41, 5.74) is 0.826. The van der Waals surface area contributed by atoms with Crippen molar-refractivity contribution in [2.24, 2.45) is 0 Å². The third-order valence-corrected chi connectivity index (χ3v) is 3.66. The topological polar surface area (TPSA) is 54.0 Å². The molecule has 1 amide bonds. The van der Waals surface area contributed by atoms with Crippen LogP contribution in [0.25, 0.3) is 0 Å². The molecule has 7 heteroatoms. The smallest absolute Gasteiger partial charge is 0.257 e. The number of benzene rings is 1. The quantitative estimate of drug-likeness (QED) is 0.834. The van der Waals surface area contributed by atoms with E-state index in [4.69, 9.17) is 23.2 Å². The number of carbonyl (C=O) groups excluding carboxylic acids is 1. The first-order chi connectivity index (χ1) is 9.51. The fraction of sp³-hybridized carbons (Fsp3) is 0.0769. The number of carbonyl (C=O) groups is 1. The molecule has 2 rings (SSSR count). The molecule has 0 aliphatic rings. The largest absolute Gasteiger partial charge is 0.373 e. The van der Waals surface area contributed by atoms with Crippen molar-refractivity contribution in [3.8, 4) is 0 Å². The monoisotopic (exact) mass is 373 g/mol. The minimum Gasteiger partial charge on any atom is -0.373 e. The molecule has 20 heavy (non-hydrogen) atoms. The molecule has 2 N–H and O–H groups in total. The molecule has 0 bridgehead atoms. The van der Waals surface area contributed by atoms with Gasteiger partial charge in [-0.25, -0.2) is 4.98 Å². The Morgan fingerprint density at radius 2 is 2.00 bits per heavy atom. The summed E-state index contributed by atoms with van der Waals surface area (Å²) >= 11 is 15.3. The van der Waals surface area contributed by atoms with Gasteiger partial charge in [-0.1, -0.05) is 39.1 Å². The lowest BCUT2D eigenvalue weighted by atomic mass is 10.2. The lowest BCUT2D eigenvalue weighted by Crippen LogP contribution is -2.13. The SMILES string of the molecule is CNc1cc(C(=O)Nc2cc(Br)ccc2Cl)c(Cl)cn1. The van der Waals surface area contributed by atoms with Crippen LogP contribution in [0.5, 0.6) is 0 Å². The van der Waals surface area contributed by atoms with Crippen molar-refractivity contribution in [1.29, 1.82) is 0 Å². The van der Waals surface area contributed by atoms with Crippen LogP contribution in [0.4, 0.5) is 11.5 Å². The molecule has 0 atom stereocenters. The van der Waals surface area contributed by atoms with E-state index in [0.29, 0.717) is 22.1 Å². The summed E-state index contributed by atoms with van der Waals surface area (Å²) < 4.78 is 0.814. The van der Waals surface area contributed by atoms with Gasteiger partial charge >= 0.3 is 0 Å². The van der Waals surface area contributed by atoms with E-state index in [1.54, 1.807) is 31.3 Å². The molecule has 0 aliphatic heterocycles. The second-order valence-electron chi connectivity index (χ2n) is 3.88. The molecule has 0 fully saturated rings. The summed E-state index contributed by atoms with van der Waals surface area (Å²) in [6.45, 7) is 0. The maximum absolute atomic E-state index is 12.2. The highest BCUT2D eigenvalue weighted by Gasteiger charge is 2.13. The Kier molecular flexibility index (Phi) is 4.86. The van der Waals surface area contributed by atoms with E-state index in [-0.39, 0.29) is 10.9 Å². The minimum absolute atomic E-state index is 0.271. The zero-order valence-corrected chi connectivity index (χ0v) is 13.5. The van der Waals surface area contributed by atoms with Crippen LogP contribution in [-0.2, 0) is 0 Å². The fourth-order valence-corrected chi connectivity index (χ4v) is 2.25. The number of pyridine rings is 1. The van der Waals surface area contributed by atoms with Crippen LogP contribution in [0.15, 0.2) is 34.9 Å². The minimum atomic E-state index is -0.353. The Balaban J connectivity index is 2.30. The normalized spacial score (nSPS) is 10.2. The molecule has 4 nitrogen and oxygen atoms in total. The number of rotatable bonds is 3. The van der Waals surface area contributed by atoms with Crippen LogP contribution in [0.3, 0.4) is 0 Å². The van der Waals surface area contributed by atoms with Crippen LogP contribution in [0.1, 0.15) is 10.4 Å². The van der Waals surface area contributed by atoms with E-state index in [0.717, 1.165) is 4.47 Å². The van der Waals surface area contributed by atoms with Crippen LogP contribution in [-0.4, -0.2) is 17.9 Å². The summed E-state index contributed by atoms with van der Waals surface area (Å²) in [6.07, 6.45) is 1.42. The van der Waals surface area contributed by atoms with E-state index in [1.807, 2.05) is 0 Å². The lowest BCUT2D eigenvalue weighted by Gasteiger charge is -2.10. The van der Waals surface area contributed by atoms with Crippen molar-refractivity contribution in [2.45, 2.75) is 0 Å². The molecule has 2 aromatic rings. The number of nitrogens with one attached hydrogen (secondary N) is 2. The van der Waals surface area contributed by atoms with Crippen molar-refractivity contribution in [2.75, 3.05) is 17.7 Å². The summed E-state index contributed by atoms with van der Waals surface area (Å²) in [7, 11) is 1.71. The van der Waals surface area contributed by atoms with Gasteiger partial charge in [0.15, 0.2) is 0 Å². The van der Waals surface area contributed by atoms with Crippen molar-refractivity contribution >= 4 is 56.5 Å². The highest BCUT2D eigenvalue weighted by Crippen LogP contribution is 2.27. The third kappa shape index (κ3) is 3.42. The number of nitrogens with zero attached hydrogens (tertiary/aromatic N) is 1. The summed E-state index contributed by atoms with van der Waals surface area (Å²) in [6, 6.07) is 6.77. The molecule has 0 saturated carbocycles. The summed E-state index contributed by atoms with van der Waals surface area (Å²) in [5.74, 6) is 0.203. The van der Waals surface area contributed by atoms with Gasteiger partial charge in [0.25, 0.3) is 5.91 Å². The molecule has 0 saturated heterocycles. The van der Waals surface area contributed by atoms with Gasteiger partial charge in [0.2, 0.25) is 0 Å². The van der Waals surface area contributed by atoms with Crippen molar-refractivity contribution < 1.29 is 4.79 Å². The van der Waals surface area contributed by atoms with Gasteiger partial charge in [-0.3, -0.25) is 4.79 Å². The molecule has 1 aromatic carbocycles. The van der Waals surface area contributed by atoms with E-state index in [2.05, 4.69) is 31.5 Å². The molecule has 0 spiro atoms. The van der Waals surface area contributed by atoms with Crippen LogP contribution in [0, 0.1) is 0 Å². The van der Waals surface area contributed by atoms with Gasteiger partial charge in [0, 0.05) is 17.7 Å². The number of aromatic nitrogens is 1. The van der Waals surface area contributed by atoms with Crippen LogP contribution in [0.2, 0.25) is 10.0 Å². The Bertz CT molecular complexity index is 664. The predicted octanol–water partition coefficient (Wildman–Crippen LogP) is 4.44. The lowest BCUT2D eigenvalue weighted by molar-refractivity contribution is 0.102. The van der Waals surface area contributed by atoms with Crippen LogP contribution < -0.4 is 10.6 Å². The molecular weight excluding hydrogens is 365 g/mol. The molecule has 1 aromatic heterocycles. The molecular formula is C13H10BrCl2N3O. The molecule has 1 heterocycles. The third-order valence-electron chi connectivity index (χ3n) is 2.53. The first-order valence-corrected chi connectivity index (χ1v) is 7.16. The molecule has 0 unspecified atom stereocenters. The van der Waals surface area contributed by atoms with E-state index in [1.165, 1.54) is 6.20 Å². The second-order valence-corrected chi connectivity index (χ2v) is 5.61. The first-order valence-electron chi connectivity index (χ1n) is 5.61. The van der Waals surface area contributed by atoms with Gasteiger partial charge in [-0.2, -0.15) is 0 Å². The molecule has 104 valence electrons. The second kappa shape index (κ2) is 6.43. The predicted molar refractivity (Wildman–Crippen MR) is 85.9 cm³/mol. The fourth-order valence-electron chi connectivity index (χ4n) is 1.53. The Hall–Kier alpha value is -1.30. The average molecular weight is 375 g/mol. The van der Waals surface area contributed by atoms with Gasteiger partial charge in [0.05, 0.1) is 21.3 Å². The van der Waals surface area contributed by atoms with E-state index in [9.17, 15) is 4.79 Å². The number of amides is 1. The highest BCUT2D eigenvalue weighted by molar-refractivity contribution is 9.10. The van der Waals surface area contributed by atoms with Gasteiger partial charge in [-0.05, 0) is 24.3 Å². The van der Waals surface area contributed by atoms with Gasteiger partial charge in [0.1, 0.15) is 5.82 Å². The number of halogens is 3. The Morgan fingerprint density at radius 3 is 2.70 bits per heavy atom. The van der Waals surface area contributed by atoms with E-state index >= 15 is 0 Å². The number of hydrogen-bond donors (Lipinski definition) is 2. The number of hydrogen-bond acceptors (Lipinski definition) is 3. The zero-order valence-electron chi connectivity index (χ0n) is 10.4. The Labute approximate surface area is 134 Å².